The van der Waals surface area contributed by atoms with Crippen molar-refractivity contribution >= 4 is 11.9 Å². The van der Waals surface area contributed by atoms with Crippen LogP contribution in [0.15, 0.2) is 47.5 Å². The van der Waals surface area contributed by atoms with Crippen LogP contribution in [0.2, 0.25) is 0 Å². The molecule has 2 aromatic carbocycles. The first-order valence-corrected chi connectivity index (χ1v) is 10.6. The smallest absolute Gasteiger partial charge is 0.253 e. The molecule has 174 valence electrons. The van der Waals surface area contributed by atoms with Gasteiger partial charge in [0, 0.05) is 38.3 Å². The molecule has 0 aliphatic carbocycles. The normalized spacial score (nSPS) is 12.1. The van der Waals surface area contributed by atoms with E-state index >= 15 is 0 Å². The van der Waals surface area contributed by atoms with Crippen molar-refractivity contribution in [2.75, 3.05) is 47.9 Å². The number of rotatable bonds is 10. The average molecular weight is 443 g/mol. The monoisotopic (exact) mass is 442 g/mol. The van der Waals surface area contributed by atoms with Crippen molar-refractivity contribution in [1.82, 2.24) is 15.5 Å². The van der Waals surface area contributed by atoms with Gasteiger partial charge in [-0.2, -0.15) is 0 Å². The number of hydrogen-bond acceptors (Lipinski definition) is 5. The minimum Gasteiger partial charge on any atom is -0.497 e. The topological polar surface area (TPSA) is 95.4 Å². The van der Waals surface area contributed by atoms with Crippen molar-refractivity contribution in [3.05, 3.63) is 59.2 Å². The van der Waals surface area contributed by atoms with Crippen LogP contribution in [0.1, 0.15) is 34.5 Å². The molecule has 0 radical (unpaired) electrons. The summed E-state index contributed by atoms with van der Waals surface area (Å²) in [6, 6.07) is 12.9. The Kier molecular flexibility index (Phi) is 9.81. The summed E-state index contributed by atoms with van der Waals surface area (Å²) in [5.41, 5.74) is 2.35. The molecule has 0 aliphatic heterocycles. The van der Waals surface area contributed by atoms with Gasteiger partial charge in [-0.15, -0.1) is 0 Å². The minimum absolute atomic E-state index is 0.0170. The number of guanidine groups is 1. The van der Waals surface area contributed by atoms with Gasteiger partial charge in [-0.1, -0.05) is 12.1 Å². The molecule has 2 rings (SSSR count). The number of aliphatic hydroxyl groups excluding tert-OH is 1. The predicted octanol–water partition coefficient (Wildman–Crippen LogP) is 2.24. The highest BCUT2D eigenvalue weighted by molar-refractivity contribution is 5.94. The maximum atomic E-state index is 12.2. The molecular weight excluding hydrogens is 408 g/mol. The van der Waals surface area contributed by atoms with Crippen molar-refractivity contribution in [3.8, 4) is 11.5 Å². The number of nitrogens with zero attached hydrogens (tertiary/aromatic N) is 2. The van der Waals surface area contributed by atoms with Gasteiger partial charge in [0.05, 0.1) is 20.8 Å². The molecule has 8 heteroatoms. The van der Waals surface area contributed by atoms with Crippen molar-refractivity contribution in [1.29, 1.82) is 0 Å². The fourth-order valence-electron chi connectivity index (χ4n) is 3.16. The molecule has 0 aromatic heterocycles. The SMILES string of the molecule is CCNC(=NCC(O)c1cc(OC)ccc1OC)NCCc1cccc(C(=O)N(C)C)c1. The molecule has 8 nitrogen and oxygen atoms in total. The Hall–Kier alpha value is -3.26. The van der Waals surface area contributed by atoms with Crippen LogP contribution in [0.5, 0.6) is 11.5 Å². The van der Waals surface area contributed by atoms with E-state index < -0.39 is 6.10 Å². The summed E-state index contributed by atoms with van der Waals surface area (Å²) in [4.78, 5) is 18.2. The second-order valence-corrected chi connectivity index (χ2v) is 7.42. The van der Waals surface area contributed by atoms with Gasteiger partial charge < -0.3 is 30.1 Å². The van der Waals surface area contributed by atoms with Gasteiger partial charge in [0.25, 0.3) is 5.91 Å². The zero-order valence-corrected chi connectivity index (χ0v) is 19.5. The lowest BCUT2D eigenvalue weighted by atomic mass is 10.1. The van der Waals surface area contributed by atoms with E-state index in [2.05, 4.69) is 15.6 Å². The van der Waals surface area contributed by atoms with Gasteiger partial charge >= 0.3 is 0 Å². The van der Waals surface area contributed by atoms with E-state index in [0.29, 0.717) is 41.7 Å². The summed E-state index contributed by atoms with van der Waals surface area (Å²) in [5, 5.41) is 17.1. The number of nitrogens with one attached hydrogen (secondary N) is 2. The van der Waals surface area contributed by atoms with E-state index in [0.717, 1.165) is 12.0 Å². The number of aliphatic imine (C=N–C) groups is 1. The molecule has 3 N–H and O–H groups in total. The highest BCUT2D eigenvalue weighted by atomic mass is 16.5. The molecule has 1 unspecified atom stereocenters. The van der Waals surface area contributed by atoms with Crippen LogP contribution in [0.3, 0.4) is 0 Å². The fraction of sp³-hybridized carbons (Fsp3) is 0.417. The van der Waals surface area contributed by atoms with Gasteiger partial charge in [-0.3, -0.25) is 9.79 Å². The van der Waals surface area contributed by atoms with E-state index in [1.54, 1.807) is 51.4 Å². The highest BCUT2D eigenvalue weighted by Crippen LogP contribution is 2.29. The number of carbonyl (C=O) groups excluding carboxylic acids is 1. The van der Waals surface area contributed by atoms with E-state index in [9.17, 15) is 9.90 Å². The zero-order chi connectivity index (χ0) is 23.5. The first-order valence-electron chi connectivity index (χ1n) is 10.6. The fourth-order valence-corrected chi connectivity index (χ4v) is 3.16. The second-order valence-electron chi connectivity index (χ2n) is 7.42. The Morgan fingerprint density at radius 2 is 1.91 bits per heavy atom. The Bertz CT molecular complexity index is 915. The molecule has 0 saturated carbocycles. The van der Waals surface area contributed by atoms with Gasteiger partial charge in [0.2, 0.25) is 0 Å². The van der Waals surface area contributed by atoms with Gasteiger partial charge in [-0.05, 0) is 49.2 Å². The Labute approximate surface area is 190 Å². The Morgan fingerprint density at radius 3 is 2.56 bits per heavy atom. The summed E-state index contributed by atoms with van der Waals surface area (Å²) in [6.45, 7) is 3.46. The van der Waals surface area contributed by atoms with E-state index in [-0.39, 0.29) is 12.5 Å². The number of ether oxygens (including phenoxy) is 2. The zero-order valence-electron chi connectivity index (χ0n) is 19.5. The molecule has 0 spiro atoms. The third kappa shape index (κ3) is 7.16. The molecule has 0 aliphatic rings. The van der Waals surface area contributed by atoms with Crippen molar-refractivity contribution in [2.45, 2.75) is 19.4 Å². The van der Waals surface area contributed by atoms with E-state index in [1.165, 1.54) is 0 Å². The van der Waals surface area contributed by atoms with Crippen molar-refractivity contribution in [2.24, 2.45) is 4.99 Å². The maximum Gasteiger partial charge on any atom is 0.253 e. The number of aliphatic hydroxyl groups is 1. The first kappa shape index (κ1) is 25.0. The lowest BCUT2D eigenvalue weighted by molar-refractivity contribution is 0.0827. The highest BCUT2D eigenvalue weighted by Gasteiger charge is 2.15. The quantitative estimate of drug-likeness (QED) is 0.386. The van der Waals surface area contributed by atoms with E-state index in [4.69, 9.17) is 9.47 Å². The number of hydrogen-bond donors (Lipinski definition) is 3. The average Bonchev–Trinajstić information content (AvgIpc) is 2.81. The van der Waals surface area contributed by atoms with Crippen LogP contribution in [-0.4, -0.2) is 69.8 Å². The molecule has 0 heterocycles. The van der Waals surface area contributed by atoms with E-state index in [1.807, 2.05) is 31.2 Å². The lowest BCUT2D eigenvalue weighted by Gasteiger charge is -2.16. The molecule has 1 atom stereocenters. The van der Waals surface area contributed by atoms with Crippen LogP contribution < -0.4 is 20.1 Å². The van der Waals surface area contributed by atoms with Crippen LogP contribution in [0.4, 0.5) is 0 Å². The van der Waals surface area contributed by atoms with Crippen LogP contribution in [-0.2, 0) is 6.42 Å². The Balaban J connectivity index is 2.00. The number of carbonyl (C=O) groups is 1. The summed E-state index contributed by atoms with van der Waals surface area (Å²) >= 11 is 0. The van der Waals surface area contributed by atoms with Crippen LogP contribution in [0, 0.1) is 0 Å². The molecule has 0 fully saturated rings. The number of benzene rings is 2. The third-order valence-corrected chi connectivity index (χ3v) is 4.85. The minimum atomic E-state index is -0.843. The molecular formula is C24H34N4O4. The van der Waals surface area contributed by atoms with Crippen molar-refractivity contribution in [3.63, 3.8) is 0 Å². The molecule has 0 bridgehead atoms. The summed E-state index contributed by atoms with van der Waals surface area (Å²) in [6.07, 6.45) is -0.116. The summed E-state index contributed by atoms with van der Waals surface area (Å²) in [5.74, 6) is 1.81. The molecule has 1 amide bonds. The third-order valence-electron chi connectivity index (χ3n) is 4.85. The summed E-state index contributed by atoms with van der Waals surface area (Å²) < 4.78 is 10.6. The molecule has 2 aromatic rings. The number of amides is 1. The summed E-state index contributed by atoms with van der Waals surface area (Å²) in [7, 11) is 6.62. The van der Waals surface area contributed by atoms with Crippen molar-refractivity contribution < 1.29 is 19.4 Å². The van der Waals surface area contributed by atoms with Crippen LogP contribution >= 0.6 is 0 Å². The molecule has 32 heavy (non-hydrogen) atoms. The largest absolute Gasteiger partial charge is 0.497 e. The maximum absolute atomic E-state index is 12.2. The number of methoxy groups -OCH3 is 2. The van der Waals surface area contributed by atoms with Gasteiger partial charge in [0.15, 0.2) is 5.96 Å². The van der Waals surface area contributed by atoms with Crippen LogP contribution in [0.25, 0.3) is 0 Å². The van der Waals surface area contributed by atoms with Gasteiger partial charge in [0.1, 0.15) is 17.6 Å². The Morgan fingerprint density at radius 1 is 1.12 bits per heavy atom. The molecule has 0 saturated heterocycles. The predicted molar refractivity (Wildman–Crippen MR) is 127 cm³/mol. The lowest BCUT2D eigenvalue weighted by Crippen LogP contribution is -2.38. The standard InChI is InChI=1S/C24H34N4O4/c1-6-25-24(26-13-12-17-8-7-9-18(14-17)23(30)28(2)3)27-16-21(29)20-15-19(31-4)10-11-22(20)32-5/h7-11,14-15,21,29H,6,12-13,16H2,1-5H3,(H2,25,26,27). The second kappa shape index (κ2) is 12.6. The van der Waals surface area contributed by atoms with Gasteiger partial charge in [-0.25, -0.2) is 0 Å². The first-order chi connectivity index (χ1) is 15.4.